The predicted octanol–water partition coefficient (Wildman–Crippen LogP) is 2.95. The Balaban J connectivity index is 0.914. The molecule has 3 aliphatic heterocycles. The van der Waals surface area contributed by atoms with Crippen LogP contribution < -0.4 is 37.8 Å². The maximum absolute atomic E-state index is 13.5. The van der Waals surface area contributed by atoms with Crippen LogP contribution in [0.5, 0.6) is 0 Å². The van der Waals surface area contributed by atoms with E-state index in [4.69, 9.17) is 24.8 Å². The van der Waals surface area contributed by atoms with Crippen molar-refractivity contribution < 1.29 is 70.2 Å². The van der Waals surface area contributed by atoms with Crippen LogP contribution >= 0.6 is 23.8 Å². The summed E-state index contributed by atoms with van der Waals surface area (Å²) in [5.41, 5.74) is -2.76. The van der Waals surface area contributed by atoms with E-state index < -0.39 is 48.0 Å². The van der Waals surface area contributed by atoms with Gasteiger partial charge in [-0.05, 0) is 62.1 Å². The second kappa shape index (κ2) is 27.8. The van der Waals surface area contributed by atoms with E-state index in [1.54, 1.807) is 12.1 Å². The highest BCUT2D eigenvalue weighted by Crippen LogP contribution is 2.52. The topological polar surface area (TPSA) is 281 Å². The SMILES string of the molecule is NOOSc1ccc(C(=O)NCCOC(=O)C[C@@H](NC(=O)c2ccc(C3(C(F)(F)F)N=N3)cc2)C(=O)NCCCOCCOCCOCCCNC(=O)CCCC[C@@H]2SC[C@@H]3NC(=O)N[C@@H]32)cc1. The van der Waals surface area contributed by atoms with Gasteiger partial charge >= 0.3 is 23.8 Å². The number of ether oxygens (including phenoxy) is 4. The Morgan fingerprint density at radius 3 is 2.07 bits per heavy atom. The maximum atomic E-state index is 13.5. The molecule has 6 amide bonds. The number of carbonyl (C=O) groups excluding carboxylic acids is 6. The number of unbranched alkanes of at least 4 members (excludes halogenated alkanes) is 1. The van der Waals surface area contributed by atoms with Gasteiger partial charge in [0.15, 0.2) is 0 Å². The molecule has 4 atom stereocenters. The smallest absolute Gasteiger partial charge is 0.442 e. The summed E-state index contributed by atoms with van der Waals surface area (Å²) in [5, 5.41) is 23.2. The van der Waals surface area contributed by atoms with Crippen LogP contribution in [-0.4, -0.2) is 137 Å². The Hall–Kier alpha value is -5.09. The normalized spacial score (nSPS) is 18.2. The van der Waals surface area contributed by atoms with Crippen LogP contribution in [0.25, 0.3) is 0 Å². The molecule has 2 aromatic carbocycles. The van der Waals surface area contributed by atoms with E-state index in [9.17, 15) is 41.9 Å². The number of nitrogens with two attached hydrogens (primary N) is 1. The first-order valence-electron chi connectivity index (χ1n) is 21.9. The molecule has 5 rings (SSSR count). The Labute approximate surface area is 398 Å². The molecule has 2 aromatic rings. The van der Waals surface area contributed by atoms with Crippen LogP contribution in [0.4, 0.5) is 18.0 Å². The van der Waals surface area contributed by atoms with Crippen LogP contribution in [0.15, 0.2) is 63.7 Å². The molecule has 3 heterocycles. The van der Waals surface area contributed by atoms with Crippen molar-refractivity contribution >= 4 is 59.4 Å². The van der Waals surface area contributed by atoms with E-state index in [-0.39, 0.29) is 68.1 Å². The van der Waals surface area contributed by atoms with E-state index in [2.05, 4.69) is 51.5 Å². The van der Waals surface area contributed by atoms with Gasteiger partial charge in [-0.15, -0.1) is 19.6 Å². The lowest BCUT2D eigenvalue weighted by atomic mass is 10.0. The van der Waals surface area contributed by atoms with Crippen LogP contribution in [-0.2, 0) is 48.3 Å². The molecule has 0 unspecified atom stereocenters. The van der Waals surface area contributed by atoms with Crippen molar-refractivity contribution in [2.75, 3.05) is 71.6 Å². The second-order valence-corrected chi connectivity index (χ2v) is 17.5. The zero-order valence-corrected chi connectivity index (χ0v) is 38.6. The molecule has 0 aromatic heterocycles. The lowest BCUT2D eigenvalue weighted by Gasteiger charge is -2.19. The minimum Gasteiger partial charge on any atom is -0.464 e. The van der Waals surface area contributed by atoms with Gasteiger partial charge < -0.3 is 50.8 Å². The minimum absolute atomic E-state index is 0.0103. The molecule has 8 N–H and O–H groups in total. The number of nitrogens with one attached hydrogen (secondary N) is 6. The number of urea groups is 1. The van der Waals surface area contributed by atoms with Crippen molar-refractivity contribution in [1.29, 1.82) is 0 Å². The van der Waals surface area contributed by atoms with E-state index in [1.807, 2.05) is 11.8 Å². The van der Waals surface area contributed by atoms with Crippen molar-refractivity contribution in [1.82, 2.24) is 31.9 Å². The zero-order valence-electron chi connectivity index (χ0n) is 37.0. The molecule has 68 heavy (non-hydrogen) atoms. The van der Waals surface area contributed by atoms with Gasteiger partial charge in [0, 0.05) is 65.3 Å². The standard InChI is InChI=1S/C42H56F3N9O12S2/c43-42(44,45)41(53-54-41)29-11-7-28(8-12-29)38(58)50-31(25-35(56)64-20-17-49-37(57)27-9-13-30(14-10-27)68-66-65-46)39(59)48-16-4-19-62-22-24-63-23-21-61-18-3-15-47-34(55)6-2-1-5-33-36-32(26-67-33)51-40(60)52-36/h7-14,31-33,36H,1-6,15-26,46H2,(H,47,55)(H,48,59)(H,49,57)(H,50,58)(H2,51,52,60)/t31-,32+,33+,36+/m1/s1. The number of hydrogen-bond donors (Lipinski definition) is 7. The Bertz CT molecular complexity index is 2000. The third kappa shape index (κ3) is 17.5. The van der Waals surface area contributed by atoms with Gasteiger partial charge in [-0.25, -0.2) is 4.79 Å². The Kier molecular flexibility index (Phi) is 22.0. The third-order valence-corrected chi connectivity index (χ3v) is 12.7. The number of thioether (sulfide) groups is 1. The highest BCUT2D eigenvalue weighted by Gasteiger charge is 2.65. The molecular formula is C42H56F3N9O12S2. The number of alkyl halides is 3. The monoisotopic (exact) mass is 999 g/mol. The molecule has 2 fully saturated rings. The van der Waals surface area contributed by atoms with Crippen molar-refractivity contribution in [2.45, 2.75) is 85.1 Å². The Morgan fingerprint density at radius 1 is 0.794 bits per heavy atom. The summed E-state index contributed by atoms with van der Waals surface area (Å²) in [4.78, 5) is 80.0. The average molecular weight is 1000 g/mol. The Morgan fingerprint density at radius 2 is 1.43 bits per heavy atom. The van der Waals surface area contributed by atoms with Gasteiger partial charge in [-0.2, -0.15) is 30.8 Å². The van der Waals surface area contributed by atoms with E-state index >= 15 is 0 Å². The van der Waals surface area contributed by atoms with Crippen LogP contribution in [0, 0.1) is 0 Å². The predicted molar refractivity (Wildman–Crippen MR) is 239 cm³/mol. The zero-order chi connectivity index (χ0) is 48.8. The van der Waals surface area contributed by atoms with Gasteiger partial charge in [-0.3, -0.25) is 24.0 Å². The number of halogens is 3. The summed E-state index contributed by atoms with van der Waals surface area (Å²) in [5.74, 6) is 2.83. The second-order valence-electron chi connectivity index (χ2n) is 15.5. The minimum atomic E-state index is -4.76. The number of benzene rings is 2. The van der Waals surface area contributed by atoms with Gasteiger partial charge in [0.2, 0.25) is 11.8 Å². The molecule has 21 nitrogen and oxygen atoms in total. The molecule has 3 aliphatic rings. The largest absolute Gasteiger partial charge is 0.464 e. The number of fused-ring (bicyclic) bond motifs is 1. The van der Waals surface area contributed by atoms with Crippen LogP contribution in [0.2, 0.25) is 0 Å². The molecule has 0 spiro atoms. The van der Waals surface area contributed by atoms with Crippen LogP contribution in [0.3, 0.4) is 0 Å². The molecule has 0 bridgehead atoms. The summed E-state index contributed by atoms with van der Waals surface area (Å²) in [7, 11) is 0. The summed E-state index contributed by atoms with van der Waals surface area (Å²) >= 11 is 2.70. The first-order chi connectivity index (χ1) is 32.8. The highest BCUT2D eigenvalue weighted by atomic mass is 32.2. The fourth-order valence-electron chi connectivity index (χ4n) is 6.94. The summed E-state index contributed by atoms with van der Waals surface area (Å²) < 4.78 is 66.8. The number of esters is 1. The van der Waals surface area contributed by atoms with Crippen molar-refractivity contribution in [3.05, 3.63) is 65.2 Å². The number of rotatable bonds is 32. The van der Waals surface area contributed by atoms with Gasteiger partial charge in [-0.1, -0.05) is 18.6 Å². The van der Waals surface area contributed by atoms with E-state index in [0.29, 0.717) is 67.9 Å². The fourth-order valence-corrected chi connectivity index (χ4v) is 8.85. The highest BCUT2D eigenvalue weighted by molar-refractivity contribution is 8.00. The van der Waals surface area contributed by atoms with Crippen LogP contribution in [0.1, 0.15) is 71.2 Å². The first kappa shape index (κ1) is 53.9. The fraction of sp³-hybridized carbons (Fsp3) is 0.571. The number of carbonyl (C=O) groups is 6. The van der Waals surface area contributed by atoms with Crippen molar-refractivity contribution in [3.63, 3.8) is 0 Å². The molecule has 26 heteroatoms. The molecule has 0 saturated carbocycles. The van der Waals surface area contributed by atoms with E-state index in [0.717, 1.165) is 61.3 Å². The summed E-state index contributed by atoms with van der Waals surface area (Å²) in [6.45, 7) is 2.28. The molecule has 2 saturated heterocycles. The lowest BCUT2D eigenvalue weighted by Crippen LogP contribution is -2.48. The number of nitrogens with zero attached hydrogens (tertiary/aromatic N) is 2. The lowest BCUT2D eigenvalue weighted by molar-refractivity contribution is -0.195. The third-order valence-electron chi connectivity index (χ3n) is 10.6. The first-order valence-corrected chi connectivity index (χ1v) is 23.7. The van der Waals surface area contributed by atoms with Gasteiger partial charge in [0.05, 0.1) is 63.5 Å². The number of hydrogen-bond acceptors (Lipinski definition) is 17. The summed E-state index contributed by atoms with van der Waals surface area (Å²) in [6, 6.07) is 9.42. The molecular weight excluding hydrogens is 944 g/mol. The van der Waals surface area contributed by atoms with Crippen molar-refractivity contribution in [2.24, 2.45) is 16.1 Å². The quantitative estimate of drug-likeness (QED) is 0.0139. The van der Waals surface area contributed by atoms with Crippen molar-refractivity contribution in [3.8, 4) is 0 Å². The molecule has 374 valence electrons. The van der Waals surface area contributed by atoms with E-state index in [1.165, 1.54) is 12.1 Å². The van der Waals surface area contributed by atoms with Gasteiger partial charge in [0.25, 0.3) is 11.8 Å². The number of amides is 6. The molecule has 0 aliphatic carbocycles. The average Bonchev–Trinajstić information content (AvgIpc) is 3.97. The van der Waals surface area contributed by atoms with Gasteiger partial charge in [0.1, 0.15) is 12.6 Å². The maximum Gasteiger partial charge on any atom is 0.442 e. The summed E-state index contributed by atoms with van der Waals surface area (Å²) in [6.07, 6.45) is -1.19. The molecule has 0 radical (unpaired) electrons.